The summed E-state index contributed by atoms with van der Waals surface area (Å²) < 4.78 is 23.9. The van der Waals surface area contributed by atoms with Crippen LogP contribution in [0.3, 0.4) is 0 Å². The monoisotopic (exact) mass is 400 g/mol. The summed E-state index contributed by atoms with van der Waals surface area (Å²) in [5, 5.41) is 5.53. The van der Waals surface area contributed by atoms with Crippen LogP contribution in [0.2, 0.25) is 0 Å². The van der Waals surface area contributed by atoms with Gasteiger partial charge in [-0.05, 0) is 68.1 Å². The maximum atomic E-state index is 12.9. The van der Waals surface area contributed by atoms with Gasteiger partial charge >= 0.3 is 6.09 Å². The zero-order valence-corrected chi connectivity index (χ0v) is 16.3. The SMILES string of the molecule is Cc1cccc(OCC(=O)N[C@@H]2CCC[C@@H](OC(=O)Nc3ccc(F)cc3)C2)c1. The summed E-state index contributed by atoms with van der Waals surface area (Å²) in [6.07, 6.45) is 2.09. The molecule has 1 fully saturated rings. The molecule has 2 aromatic carbocycles. The molecule has 3 rings (SSSR count). The predicted molar refractivity (Wildman–Crippen MR) is 107 cm³/mol. The highest BCUT2D eigenvalue weighted by Gasteiger charge is 2.26. The molecule has 1 saturated carbocycles. The topological polar surface area (TPSA) is 76.7 Å². The van der Waals surface area contributed by atoms with Gasteiger partial charge in [0, 0.05) is 18.2 Å². The highest BCUT2D eigenvalue weighted by atomic mass is 19.1. The molecule has 29 heavy (non-hydrogen) atoms. The smallest absolute Gasteiger partial charge is 0.411 e. The van der Waals surface area contributed by atoms with Gasteiger partial charge in [-0.2, -0.15) is 0 Å². The predicted octanol–water partition coefficient (Wildman–Crippen LogP) is 4.19. The lowest BCUT2D eigenvalue weighted by Crippen LogP contribution is -2.43. The third-order valence-electron chi connectivity index (χ3n) is 4.72. The lowest BCUT2D eigenvalue weighted by atomic mass is 9.93. The van der Waals surface area contributed by atoms with Crippen molar-refractivity contribution in [2.24, 2.45) is 0 Å². The number of rotatable bonds is 6. The molecule has 0 heterocycles. The number of hydrogen-bond acceptors (Lipinski definition) is 4. The summed E-state index contributed by atoms with van der Waals surface area (Å²) in [7, 11) is 0. The summed E-state index contributed by atoms with van der Waals surface area (Å²) in [6.45, 7) is 1.90. The summed E-state index contributed by atoms with van der Waals surface area (Å²) in [6, 6.07) is 12.9. The molecule has 154 valence electrons. The average Bonchev–Trinajstić information content (AvgIpc) is 2.68. The first-order valence-corrected chi connectivity index (χ1v) is 9.70. The second-order valence-corrected chi connectivity index (χ2v) is 7.20. The van der Waals surface area contributed by atoms with Gasteiger partial charge in [-0.25, -0.2) is 9.18 Å². The Labute approximate surface area is 169 Å². The highest BCUT2D eigenvalue weighted by molar-refractivity contribution is 5.84. The number of carbonyl (C=O) groups excluding carboxylic acids is 2. The van der Waals surface area contributed by atoms with Gasteiger partial charge in [0.1, 0.15) is 17.7 Å². The van der Waals surface area contributed by atoms with Gasteiger partial charge in [0.2, 0.25) is 0 Å². The molecule has 0 radical (unpaired) electrons. The quantitative estimate of drug-likeness (QED) is 0.762. The largest absolute Gasteiger partial charge is 0.484 e. The van der Waals surface area contributed by atoms with Crippen LogP contribution in [0.15, 0.2) is 48.5 Å². The molecule has 2 amide bonds. The van der Waals surface area contributed by atoms with Crippen molar-refractivity contribution >= 4 is 17.7 Å². The zero-order valence-electron chi connectivity index (χ0n) is 16.3. The molecule has 1 aliphatic rings. The van der Waals surface area contributed by atoms with Crippen molar-refractivity contribution < 1.29 is 23.5 Å². The van der Waals surface area contributed by atoms with Crippen LogP contribution >= 0.6 is 0 Å². The van der Waals surface area contributed by atoms with Crippen molar-refractivity contribution in [3.05, 3.63) is 59.9 Å². The van der Waals surface area contributed by atoms with Crippen LogP contribution in [-0.4, -0.2) is 30.8 Å². The maximum Gasteiger partial charge on any atom is 0.411 e. The molecule has 0 saturated heterocycles. The van der Waals surface area contributed by atoms with Crippen LogP contribution in [0.25, 0.3) is 0 Å². The fourth-order valence-corrected chi connectivity index (χ4v) is 3.34. The first kappa shape index (κ1) is 20.6. The number of aryl methyl sites for hydroxylation is 1. The second kappa shape index (κ2) is 9.91. The molecule has 0 spiro atoms. The number of carbonyl (C=O) groups is 2. The molecule has 0 aromatic heterocycles. The summed E-state index contributed by atoms with van der Waals surface area (Å²) >= 11 is 0. The van der Waals surface area contributed by atoms with E-state index < -0.39 is 6.09 Å². The first-order chi connectivity index (χ1) is 14.0. The standard InChI is InChI=1S/C22H25FN2O4/c1-15-4-2-6-19(12-15)28-14-21(26)24-18-5-3-7-20(13-18)29-22(27)25-17-10-8-16(23)9-11-17/h2,4,6,8-12,18,20H,3,5,7,13-14H2,1H3,(H,24,26)(H,25,27)/t18-,20-/m1/s1. The number of anilines is 1. The molecular weight excluding hydrogens is 375 g/mol. The number of amides is 2. The van der Waals surface area contributed by atoms with Crippen LogP contribution in [-0.2, 0) is 9.53 Å². The number of ether oxygens (including phenoxy) is 2. The summed E-state index contributed by atoms with van der Waals surface area (Å²) in [5.74, 6) is 0.0801. The maximum absolute atomic E-state index is 12.9. The average molecular weight is 400 g/mol. The van der Waals surface area contributed by atoms with Crippen LogP contribution < -0.4 is 15.4 Å². The van der Waals surface area contributed by atoms with Crippen LogP contribution in [0.4, 0.5) is 14.9 Å². The Morgan fingerprint density at radius 3 is 2.69 bits per heavy atom. The van der Waals surface area contributed by atoms with Crippen molar-refractivity contribution in [1.29, 1.82) is 0 Å². The molecule has 6 nitrogen and oxygen atoms in total. The van der Waals surface area contributed by atoms with Crippen LogP contribution in [0, 0.1) is 12.7 Å². The van der Waals surface area contributed by atoms with E-state index >= 15 is 0 Å². The zero-order chi connectivity index (χ0) is 20.6. The van der Waals surface area contributed by atoms with E-state index in [-0.39, 0.29) is 30.5 Å². The molecule has 0 bridgehead atoms. The van der Waals surface area contributed by atoms with Gasteiger partial charge in [-0.1, -0.05) is 12.1 Å². The third kappa shape index (κ3) is 6.78. The van der Waals surface area contributed by atoms with E-state index in [1.807, 2.05) is 31.2 Å². The molecule has 1 aliphatic carbocycles. The minimum absolute atomic E-state index is 0.0590. The van der Waals surface area contributed by atoms with Crippen molar-refractivity contribution in [2.45, 2.75) is 44.8 Å². The minimum atomic E-state index is -0.587. The lowest BCUT2D eigenvalue weighted by Gasteiger charge is -2.29. The highest BCUT2D eigenvalue weighted by Crippen LogP contribution is 2.22. The minimum Gasteiger partial charge on any atom is -0.484 e. The van der Waals surface area contributed by atoms with E-state index in [1.54, 1.807) is 0 Å². The Morgan fingerprint density at radius 2 is 1.93 bits per heavy atom. The normalized spacial score (nSPS) is 18.6. The fourth-order valence-electron chi connectivity index (χ4n) is 3.34. The van der Waals surface area contributed by atoms with E-state index in [0.717, 1.165) is 24.8 Å². The first-order valence-electron chi connectivity index (χ1n) is 9.70. The van der Waals surface area contributed by atoms with E-state index in [1.165, 1.54) is 24.3 Å². The Kier molecular flexibility index (Phi) is 7.05. The number of nitrogens with one attached hydrogen (secondary N) is 2. The molecule has 2 atom stereocenters. The molecule has 2 aromatic rings. The van der Waals surface area contributed by atoms with Crippen molar-refractivity contribution in [2.75, 3.05) is 11.9 Å². The van der Waals surface area contributed by atoms with Gasteiger partial charge < -0.3 is 14.8 Å². The Balaban J connectivity index is 1.41. The van der Waals surface area contributed by atoms with Crippen LogP contribution in [0.5, 0.6) is 5.75 Å². The molecular formula is C22H25FN2O4. The van der Waals surface area contributed by atoms with Gasteiger partial charge in [-0.3, -0.25) is 10.1 Å². The summed E-state index contributed by atoms with van der Waals surface area (Å²) in [4.78, 5) is 24.2. The second-order valence-electron chi connectivity index (χ2n) is 7.20. The van der Waals surface area contributed by atoms with Crippen LogP contribution in [0.1, 0.15) is 31.2 Å². The summed E-state index contributed by atoms with van der Waals surface area (Å²) in [5.41, 5.74) is 1.53. The van der Waals surface area contributed by atoms with Gasteiger partial charge in [0.05, 0.1) is 0 Å². The Hall–Kier alpha value is -3.09. The fraction of sp³-hybridized carbons (Fsp3) is 0.364. The molecule has 7 heteroatoms. The van der Waals surface area contributed by atoms with E-state index in [9.17, 15) is 14.0 Å². The van der Waals surface area contributed by atoms with E-state index in [4.69, 9.17) is 9.47 Å². The molecule has 0 unspecified atom stereocenters. The van der Waals surface area contributed by atoms with Crippen molar-refractivity contribution in [1.82, 2.24) is 5.32 Å². The number of hydrogen-bond donors (Lipinski definition) is 2. The van der Waals surface area contributed by atoms with Crippen molar-refractivity contribution in [3.63, 3.8) is 0 Å². The van der Waals surface area contributed by atoms with Gasteiger partial charge in [-0.15, -0.1) is 0 Å². The lowest BCUT2D eigenvalue weighted by molar-refractivity contribution is -0.124. The third-order valence-corrected chi connectivity index (χ3v) is 4.72. The Bertz CT molecular complexity index is 841. The van der Waals surface area contributed by atoms with E-state index in [0.29, 0.717) is 17.9 Å². The van der Waals surface area contributed by atoms with Gasteiger partial charge in [0.25, 0.3) is 5.91 Å². The number of benzene rings is 2. The Morgan fingerprint density at radius 1 is 1.14 bits per heavy atom. The number of halogens is 1. The van der Waals surface area contributed by atoms with Gasteiger partial charge in [0.15, 0.2) is 6.61 Å². The molecule has 0 aliphatic heterocycles. The van der Waals surface area contributed by atoms with Crippen molar-refractivity contribution in [3.8, 4) is 5.75 Å². The molecule has 2 N–H and O–H groups in total. The van der Waals surface area contributed by atoms with E-state index in [2.05, 4.69) is 10.6 Å².